The van der Waals surface area contributed by atoms with Gasteiger partial charge in [0.2, 0.25) is 0 Å². The maximum Gasteiger partial charge on any atom is 0.253 e. The summed E-state index contributed by atoms with van der Waals surface area (Å²) in [7, 11) is 1.92. The van der Waals surface area contributed by atoms with Gasteiger partial charge in [0.1, 0.15) is 0 Å². The van der Waals surface area contributed by atoms with Gasteiger partial charge in [0, 0.05) is 37.2 Å². The number of amides is 1. The number of benzene rings is 1. The highest BCUT2D eigenvalue weighted by Gasteiger charge is 2.55. The lowest BCUT2D eigenvalue weighted by Gasteiger charge is -2.58. The summed E-state index contributed by atoms with van der Waals surface area (Å²) in [6.45, 7) is 7.68. The Labute approximate surface area is 152 Å². The fraction of sp³-hybridized carbons (Fsp3) is 0.632. The first-order valence-electron chi connectivity index (χ1n) is 8.71. The molecule has 1 aromatic carbocycles. The molecule has 24 heavy (non-hydrogen) atoms. The van der Waals surface area contributed by atoms with Crippen molar-refractivity contribution in [3.63, 3.8) is 0 Å². The Morgan fingerprint density at radius 3 is 2.29 bits per heavy atom. The van der Waals surface area contributed by atoms with Gasteiger partial charge in [0.15, 0.2) is 0 Å². The Hall–Kier alpha value is -1.10. The van der Waals surface area contributed by atoms with Crippen molar-refractivity contribution in [3.8, 4) is 0 Å². The van der Waals surface area contributed by atoms with Crippen LogP contribution in [0.4, 0.5) is 0 Å². The minimum atomic E-state index is 0. The van der Waals surface area contributed by atoms with Crippen molar-refractivity contribution in [2.45, 2.75) is 58.7 Å². The standard InChI is InChI=1S/C19H30N2O2.ClH/c1-5-19(6-2)16(12-17(19)23-7-3)21(4)18(22)15-10-8-14(13-20)9-11-15;/h8-11,16-17H,5-7,12-13,20H2,1-4H3;1H. The molecule has 0 heterocycles. The van der Waals surface area contributed by atoms with Crippen LogP contribution in [-0.4, -0.2) is 36.6 Å². The monoisotopic (exact) mass is 354 g/mol. The van der Waals surface area contributed by atoms with Gasteiger partial charge in [0.25, 0.3) is 5.91 Å². The maximum absolute atomic E-state index is 12.8. The molecule has 4 nitrogen and oxygen atoms in total. The van der Waals surface area contributed by atoms with E-state index in [4.69, 9.17) is 10.5 Å². The fourth-order valence-corrected chi connectivity index (χ4v) is 4.01. The van der Waals surface area contributed by atoms with E-state index in [-0.39, 0.29) is 35.9 Å². The molecule has 1 aliphatic rings. The van der Waals surface area contributed by atoms with Crippen molar-refractivity contribution < 1.29 is 9.53 Å². The second-order valence-corrected chi connectivity index (χ2v) is 6.45. The average Bonchev–Trinajstić information content (AvgIpc) is 2.58. The molecule has 2 unspecified atom stereocenters. The van der Waals surface area contributed by atoms with E-state index in [1.165, 1.54) is 0 Å². The Kier molecular flexibility index (Phi) is 7.71. The van der Waals surface area contributed by atoms with Gasteiger partial charge in [-0.1, -0.05) is 26.0 Å². The SMILES string of the molecule is CCOC1CC(N(C)C(=O)c2ccc(CN)cc2)C1(CC)CC.Cl. The van der Waals surface area contributed by atoms with E-state index in [1.54, 1.807) is 0 Å². The van der Waals surface area contributed by atoms with Crippen LogP contribution < -0.4 is 5.73 Å². The van der Waals surface area contributed by atoms with Crippen LogP contribution in [0.1, 0.15) is 56.0 Å². The number of nitrogens with two attached hydrogens (primary N) is 1. The van der Waals surface area contributed by atoms with E-state index < -0.39 is 0 Å². The predicted octanol–water partition coefficient (Wildman–Crippen LogP) is 3.62. The number of ether oxygens (including phenoxy) is 1. The minimum absolute atomic E-state index is 0. The van der Waals surface area contributed by atoms with Crippen LogP contribution >= 0.6 is 12.4 Å². The highest BCUT2D eigenvalue weighted by molar-refractivity contribution is 5.94. The Balaban J connectivity index is 0.00000288. The zero-order valence-corrected chi connectivity index (χ0v) is 16.1. The topological polar surface area (TPSA) is 55.6 Å². The quantitative estimate of drug-likeness (QED) is 0.813. The molecule has 1 fully saturated rings. The van der Waals surface area contributed by atoms with Crippen molar-refractivity contribution >= 4 is 18.3 Å². The van der Waals surface area contributed by atoms with Crippen molar-refractivity contribution in [2.24, 2.45) is 11.1 Å². The van der Waals surface area contributed by atoms with Gasteiger partial charge < -0.3 is 15.4 Å². The summed E-state index contributed by atoms with van der Waals surface area (Å²) in [6.07, 6.45) is 3.26. The molecule has 1 saturated carbocycles. The van der Waals surface area contributed by atoms with Crippen LogP contribution in [0.5, 0.6) is 0 Å². The molecular weight excluding hydrogens is 324 g/mol. The van der Waals surface area contributed by atoms with Gasteiger partial charge >= 0.3 is 0 Å². The van der Waals surface area contributed by atoms with E-state index in [0.29, 0.717) is 6.54 Å². The molecule has 0 radical (unpaired) electrons. The molecule has 0 saturated heterocycles. The van der Waals surface area contributed by atoms with Gasteiger partial charge in [-0.15, -0.1) is 12.4 Å². The first kappa shape index (κ1) is 20.9. The maximum atomic E-state index is 12.8. The summed E-state index contributed by atoms with van der Waals surface area (Å²) < 4.78 is 5.92. The molecule has 1 aliphatic carbocycles. The van der Waals surface area contributed by atoms with Crippen LogP contribution in [0.2, 0.25) is 0 Å². The van der Waals surface area contributed by atoms with Crippen LogP contribution in [0.15, 0.2) is 24.3 Å². The number of halogens is 1. The number of hydrogen-bond acceptors (Lipinski definition) is 3. The Morgan fingerprint density at radius 1 is 1.25 bits per heavy atom. The number of carbonyl (C=O) groups excluding carboxylic acids is 1. The van der Waals surface area contributed by atoms with Gasteiger partial charge in [-0.3, -0.25) is 4.79 Å². The second kappa shape index (κ2) is 8.84. The van der Waals surface area contributed by atoms with Gasteiger partial charge in [0.05, 0.1) is 6.10 Å². The zero-order chi connectivity index (χ0) is 17.0. The smallest absolute Gasteiger partial charge is 0.253 e. The molecule has 0 aromatic heterocycles. The summed E-state index contributed by atoms with van der Waals surface area (Å²) in [5.41, 5.74) is 7.47. The van der Waals surface area contributed by atoms with Gasteiger partial charge in [-0.2, -0.15) is 0 Å². The molecule has 5 heteroatoms. The number of hydrogen-bond donors (Lipinski definition) is 1. The minimum Gasteiger partial charge on any atom is -0.378 e. The molecule has 1 amide bonds. The third-order valence-electron chi connectivity index (χ3n) is 5.65. The fourth-order valence-electron chi connectivity index (χ4n) is 4.01. The second-order valence-electron chi connectivity index (χ2n) is 6.45. The summed E-state index contributed by atoms with van der Waals surface area (Å²) in [6, 6.07) is 7.85. The molecular formula is C19H31ClN2O2. The van der Waals surface area contributed by atoms with Crippen molar-refractivity contribution in [1.29, 1.82) is 0 Å². The molecule has 0 spiro atoms. The lowest BCUT2D eigenvalue weighted by Crippen LogP contribution is -2.64. The highest BCUT2D eigenvalue weighted by Crippen LogP contribution is 2.51. The number of rotatable bonds is 7. The van der Waals surface area contributed by atoms with E-state index in [0.717, 1.165) is 37.0 Å². The van der Waals surface area contributed by atoms with E-state index >= 15 is 0 Å². The van der Waals surface area contributed by atoms with Crippen LogP contribution in [0.25, 0.3) is 0 Å². The summed E-state index contributed by atoms with van der Waals surface area (Å²) >= 11 is 0. The third-order valence-corrected chi connectivity index (χ3v) is 5.65. The Bertz CT molecular complexity index is 529. The first-order chi connectivity index (χ1) is 11.0. The van der Waals surface area contributed by atoms with Crippen LogP contribution in [0, 0.1) is 5.41 Å². The molecule has 136 valence electrons. The molecule has 2 atom stereocenters. The largest absolute Gasteiger partial charge is 0.378 e. The third kappa shape index (κ3) is 3.61. The number of nitrogens with zero attached hydrogens (tertiary/aromatic N) is 1. The summed E-state index contributed by atoms with van der Waals surface area (Å²) in [4.78, 5) is 14.7. The summed E-state index contributed by atoms with van der Waals surface area (Å²) in [5, 5.41) is 0. The van der Waals surface area contributed by atoms with Crippen LogP contribution in [-0.2, 0) is 11.3 Å². The van der Waals surface area contributed by atoms with E-state index in [1.807, 2.05) is 43.1 Å². The van der Waals surface area contributed by atoms with Gasteiger partial charge in [-0.05, 0) is 43.9 Å². The number of carbonyl (C=O) groups is 1. The summed E-state index contributed by atoms with van der Waals surface area (Å²) in [5.74, 6) is 0.0831. The normalized spacial score (nSPS) is 21.5. The lowest BCUT2D eigenvalue weighted by molar-refractivity contribution is -0.159. The highest BCUT2D eigenvalue weighted by atomic mass is 35.5. The van der Waals surface area contributed by atoms with Crippen molar-refractivity contribution in [3.05, 3.63) is 35.4 Å². The van der Waals surface area contributed by atoms with Crippen LogP contribution in [0.3, 0.4) is 0 Å². The van der Waals surface area contributed by atoms with Gasteiger partial charge in [-0.25, -0.2) is 0 Å². The molecule has 2 rings (SSSR count). The average molecular weight is 355 g/mol. The van der Waals surface area contributed by atoms with Crippen molar-refractivity contribution in [2.75, 3.05) is 13.7 Å². The molecule has 2 N–H and O–H groups in total. The Morgan fingerprint density at radius 2 is 1.83 bits per heavy atom. The van der Waals surface area contributed by atoms with E-state index in [2.05, 4.69) is 13.8 Å². The molecule has 0 bridgehead atoms. The van der Waals surface area contributed by atoms with E-state index in [9.17, 15) is 4.79 Å². The zero-order valence-electron chi connectivity index (χ0n) is 15.2. The molecule has 1 aromatic rings. The van der Waals surface area contributed by atoms with Crippen molar-refractivity contribution in [1.82, 2.24) is 4.90 Å². The first-order valence-corrected chi connectivity index (χ1v) is 8.71. The lowest BCUT2D eigenvalue weighted by atomic mass is 9.58. The molecule has 0 aliphatic heterocycles. The predicted molar refractivity (Wildman–Crippen MR) is 101 cm³/mol.